The van der Waals surface area contributed by atoms with Crippen molar-refractivity contribution < 1.29 is 4.79 Å². The first kappa shape index (κ1) is 12.7. The van der Waals surface area contributed by atoms with Crippen LogP contribution >= 0.6 is 0 Å². The first-order chi connectivity index (χ1) is 7.69. The standard InChI is InChI=1S/C11H20N4O/c1-4-15(5-2)11(16)8-12-9(3)10-6-7-13-14-10/h6-7,9,12H,4-5,8H2,1-3H3,(H,13,14). The molecule has 5 nitrogen and oxygen atoms in total. The van der Waals surface area contributed by atoms with Gasteiger partial charge in [0.25, 0.3) is 0 Å². The first-order valence-electron chi connectivity index (χ1n) is 5.69. The number of likely N-dealkylation sites (N-methyl/N-ethyl adjacent to an activating group) is 1. The zero-order valence-electron chi connectivity index (χ0n) is 10.2. The van der Waals surface area contributed by atoms with Crippen LogP contribution in [0.15, 0.2) is 12.3 Å². The van der Waals surface area contributed by atoms with Gasteiger partial charge in [0.2, 0.25) is 5.91 Å². The third-order valence-corrected chi connectivity index (χ3v) is 2.66. The van der Waals surface area contributed by atoms with Crippen LogP contribution in [0, 0.1) is 0 Å². The van der Waals surface area contributed by atoms with Crippen LogP contribution in [0.1, 0.15) is 32.5 Å². The molecule has 1 amide bonds. The second kappa shape index (κ2) is 6.27. The van der Waals surface area contributed by atoms with E-state index in [1.54, 1.807) is 6.20 Å². The number of carbonyl (C=O) groups excluding carboxylic acids is 1. The van der Waals surface area contributed by atoms with Crippen LogP contribution in [0.25, 0.3) is 0 Å². The summed E-state index contributed by atoms with van der Waals surface area (Å²) >= 11 is 0. The number of nitrogens with one attached hydrogen (secondary N) is 2. The molecule has 1 rings (SSSR count). The lowest BCUT2D eigenvalue weighted by molar-refractivity contribution is -0.129. The van der Waals surface area contributed by atoms with Gasteiger partial charge in [-0.3, -0.25) is 9.89 Å². The normalized spacial score (nSPS) is 12.4. The average Bonchev–Trinajstić information content (AvgIpc) is 2.81. The molecular weight excluding hydrogens is 204 g/mol. The quantitative estimate of drug-likeness (QED) is 0.755. The van der Waals surface area contributed by atoms with Gasteiger partial charge in [-0.05, 0) is 26.8 Å². The molecule has 1 aromatic heterocycles. The average molecular weight is 224 g/mol. The van der Waals surface area contributed by atoms with Crippen LogP contribution in [0.2, 0.25) is 0 Å². The van der Waals surface area contributed by atoms with Crippen molar-refractivity contribution >= 4 is 5.91 Å². The number of carbonyl (C=O) groups is 1. The topological polar surface area (TPSA) is 61.0 Å². The van der Waals surface area contributed by atoms with Gasteiger partial charge in [-0.2, -0.15) is 5.10 Å². The summed E-state index contributed by atoms with van der Waals surface area (Å²) in [6.07, 6.45) is 1.71. The number of H-pyrrole nitrogens is 1. The minimum atomic E-state index is 0.113. The van der Waals surface area contributed by atoms with E-state index in [1.807, 2.05) is 31.7 Å². The Labute approximate surface area is 96.2 Å². The minimum absolute atomic E-state index is 0.113. The van der Waals surface area contributed by atoms with E-state index in [4.69, 9.17) is 0 Å². The van der Waals surface area contributed by atoms with Gasteiger partial charge in [-0.25, -0.2) is 0 Å². The summed E-state index contributed by atoms with van der Waals surface area (Å²) in [4.78, 5) is 13.5. The van der Waals surface area contributed by atoms with Crippen molar-refractivity contribution in [3.8, 4) is 0 Å². The molecule has 90 valence electrons. The molecular formula is C11H20N4O. The van der Waals surface area contributed by atoms with Gasteiger partial charge in [-0.15, -0.1) is 0 Å². The van der Waals surface area contributed by atoms with Crippen molar-refractivity contribution in [3.63, 3.8) is 0 Å². The van der Waals surface area contributed by atoms with E-state index in [1.165, 1.54) is 0 Å². The van der Waals surface area contributed by atoms with E-state index >= 15 is 0 Å². The van der Waals surface area contributed by atoms with Crippen molar-refractivity contribution in [2.45, 2.75) is 26.8 Å². The molecule has 0 saturated carbocycles. The third-order valence-electron chi connectivity index (χ3n) is 2.66. The van der Waals surface area contributed by atoms with E-state index in [2.05, 4.69) is 15.5 Å². The largest absolute Gasteiger partial charge is 0.342 e. The van der Waals surface area contributed by atoms with Crippen molar-refractivity contribution in [1.29, 1.82) is 0 Å². The van der Waals surface area contributed by atoms with Crippen LogP contribution in [-0.2, 0) is 4.79 Å². The molecule has 16 heavy (non-hydrogen) atoms. The monoisotopic (exact) mass is 224 g/mol. The summed E-state index contributed by atoms with van der Waals surface area (Å²) in [6.45, 7) is 7.86. The third kappa shape index (κ3) is 3.34. The number of hydrogen-bond donors (Lipinski definition) is 2. The van der Waals surface area contributed by atoms with Gasteiger partial charge < -0.3 is 10.2 Å². The van der Waals surface area contributed by atoms with Gasteiger partial charge in [0.1, 0.15) is 0 Å². The molecule has 2 N–H and O–H groups in total. The van der Waals surface area contributed by atoms with Gasteiger partial charge in [0.05, 0.1) is 12.2 Å². The molecule has 0 bridgehead atoms. The Morgan fingerprint density at radius 2 is 2.25 bits per heavy atom. The highest BCUT2D eigenvalue weighted by molar-refractivity contribution is 5.78. The van der Waals surface area contributed by atoms with Crippen molar-refractivity contribution in [1.82, 2.24) is 20.4 Å². The van der Waals surface area contributed by atoms with Crippen LogP contribution in [-0.4, -0.2) is 40.6 Å². The van der Waals surface area contributed by atoms with Crippen LogP contribution in [0.4, 0.5) is 0 Å². The second-order valence-electron chi connectivity index (χ2n) is 3.68. The minimum Gasteiger partial charge on any atom is -0.342 e. The SMILES string of the molecule is CCN(CC)C(=O)CNC(C)c1ccn[nH]1. The maximum absolute atomic E-state index is 11.7. The van der Waals surface area contributed by atoms with Gasteiger partial charge >= 0.3 is 0 Å². The summed E-state index contributed by atoms with van der Waals surface area (Å²) in [5, 5.41) is 9.93. The Balaban J connectivity index is 2.37. The highest BCUT2D eigenvalue weighted by Crippen LogP contribution is 2.06. The fraction of sp³-hybridized carbons (Fsp3) is 0.636. The lowest BCUT2D eigenvalue weighted by atomic mass is 10.2. The zero-order valence-corrected chi connectivity index (χ0v) is 10.2. The molecule has 0 saturated heterocycles. The van der Waals surface area contributed by atoms with E-state index in [9.17, 15) is 4.79 Å². The molecule has 1 aromatic rings. The molecule has 1 atom stereocenters. The van der Waals surface area contributed by atoms with E-state index in [0.29, 0.717) is 6.54 Å². The Kier molecular flexibility index (Phi) is 4.98. The Morgan fingerprint density at radius 3 is 2.75 bits per heavy atom. The Morgan fingerprint density at radius 1 is 1.56 bits per heavy atom. The summed E-state index contributed by atoms with van der Waals surface area (Å²) in [6, 6.07) is 2.02. The molecule has 0 radical (unpaired) electrons. The van der Waals surface area contributed by atoms with E-state index in [-0.39, 0.29) is 11.9 Å². The summed E-state index contributed by atoms with van der Waals surface area (Å²) in [5.41, 5.74) is 0.993. The van der Waals surface area contributed by atoms with Crippen molar-refractivity contribution in [2.24, 2.45) is 0 Å². The highest BCUT2D eigenvalue weighted by Gasteiger charge is 2.12. The Hall–Kier alpha value is -1.36. The first-order valence-corrected chi connectivity index (χ1v) is 5.69. The number of nitrogens with zero attached hydrogens (tertiary/aromatic N) is 2. The van der Waals surface area contributed by atoms with E-state index in [0.717, 1.165) is 18.8 Å². The molecule has 0 aliphatic rings. The van der Waals surface area contributed by atoms with Gasteiger partial charge in [0, 0.05) is 25.3 Å². The van der Waals surface area contributed by atoms with Crippen LogP contribution < -0.4 is 5.32 Å². The number of amides is 1. The molecule has 1 unspecified atom stereocenters. The lowest BCUT2D eigenvalue weighted by Crippen LogP contribution is -2.38. The zero-order chi connectivity index (χ0) is 12.0. The van der Waals surface area contributed by atoms with E-state index < -0.39 is 0 Å². The molecule has 5 heteroatoms. The second-order valence-corrected chi connectivity index (χ2v) is 3.68. The fourth-order valence-corrected chi connectivity index (χ4v) is 1.55. The van der Waals surface area contributed by atoms with Crippen LogP contribution in [0.5, 0.6) is 0 Å². The van der Waals surface area contributed by atoms with Crippen molar-refractivity contribution in [3.05, 3.63) is 18.0 Å². The summed E-state index contributed by atoms with van der Waals surface area (Å²) < 4.78 is 0. The number of aromatic nitrogens is 2. The number of hydrogen-bond acceptors (Lipinski definition) is 3. The maximum atomic E-state index is 11.7. The molecule has 0 aliphatic heterocycles. The molecule has 0 aromatic carbocycles. The predicted molar refractivity (Wildman–Crippen MR) is 62.9 cm³/mol. The number of aromatic amines is 1. The lowest BCUT2D eigenvalue weighted by Gasteiger charge is -2.20. The molecule has 0 aliphatic carbocycles. The molecule has 0 fully saturated rings. The summed E-state index contributed by atoms with van der Waals surface area (Å²) in [7, 11) is 0. The maximum Gasteiger partial charge on any atom is 0.236 e. The summed E-state index contributed by atoms with van der Waals surface area (Å²) in [5.74, 6) is 0.136. The highest BCUT2D eigenvalue weighted by atomic mass is 16.2. The molecule has 1 heterocycles. The predicted octanol–water partition coefficient (Wildman–Crippen LogP) is 0.929. The van der Waals surface area contributed by atoms with Gasteiger partial charge in [-0.1, -0.05) is 0 Å². The molecule has 0 spiro atoms. The van der Waals surface area contributed by atoms with Gasteiger partial charge in [0.15, 0.2) is 0 Å². The smallest absolute Gasteiger partial charge is 0.236 e. The van der Waals surface area contributed by atoms with Crippen molar-refractivity contribution in [2.75, 3.05) is 19.6 Å². The van der Waals surface area contributed by atoms with Crippen LogP contribution in [0.3, 0.4) is 0 Å². The number of rotatable bonds is 6. The fourth-order valence-electron chi connectivity index (χ4n) is 1.55. The Bertz CT molecular complexity index is 306.